The number of anilines is 1. The molecule has 0 radical (unpaired) electrons. The highest BCUT2D eigenvalue weighted by molar-refractivity contribution is 6.30. The smallest absolute Gasteiger partial charge is 0.254 e. The van der Waals surface area contributed by atoms with Crippen molar-refractivity contribution in [2.45, 2.75) is 25.2 Å². The second-order valence-corrected chi connectivity index (χ2v) is 8.36. The molecule has 2 heterocycles. The third kappa shape index (κ3) is 3.79. The van der Waals surface area contributed by atoms with E-state index in [2.05, 4.69) is 27.2 Å². The Kier molecular flexibility index (Phi) is 5.17. The van der Waals surface area contributed by atoms with Crippen LogP contribution in [0.25, 0.3) is 11.4 Å². The summed E-state index contributed by atoms with van der Waals surface area (Å²) in [6, 6.07) is 15.4. The molecular formula is C23H23ClN4O2. The van der Waals surface area contributed by atoms with Crippen LogP contribution < -0.4 is 4.90 Å². The zero-order valence-corrected chi connectivity index (χ0v) is 17.4. The van der Waals surface area contributed by atoms with Crippen LogP contribution in [0.4, 0.5) is 5.69 Å². The molecule has 1 aliphatic heterocycles. The Morgan fingerprint density at radius 2 is 1.80 bits per heavy atom. The lowest BCUT2D eigenvalue weighted by Crippen LogP contribution is -2.48. The second kappa shape index (κ2) is 8.11. The van der Waals surface area contributed by atoms with Crippen LogP contribution in [0.5, 0.6) is 0 Å². The first kappa shape index (κ1) is 19.1. The number of amides is 1. The van der Waals surface area contributed by atoms with Gasteiger partial charge in [-0.1, -0.05) is 29.2 Å². The summed E-state index contributed by atoms with van der Waals surface area (Å²) in [5, 5.41) is 4.73. The molecule has 0 spiro atoms. The fraction of sp³-hybridized carbons (Fsp3) is 0.348. The van der Waals surface area contributed by atoms with Gasteiger partial charge in [0.25, 0.3) is 5.91 Å². The van der Waals surface area contributed by atoms with Crippen LogP contribution in [0.2, 0.25) is 5.02 Å². The van der Waals surface area contributed by atoms with Crippen LogP contribution in [-0.2, 0) is 0 Å². The summed E-state index contributed by atoms with van der Waals surface area (Å²) in [5.41, 5.74) is 2.74. The van der Waals surface area contributed by atoms with Crippen molar-refractivity contribution >= 4 is 23.2 Å². The number of aromatic nitrogens is 2. The fourth-order valence-corrected chi connectivity index (χ4v) is 4.16. The first-order valence-electron chi connectivity index (χ1n) is 10.4. The maximum absolute atomic E-state index is 12.7. The maximum atomic E-state index is 12.7. The summed E-state index contributed by atoms with van der Waals surface area (Å²) in [5.74, 6) is 1.89. The molecule has 1 aliphatic carbocycles. The van der Waals surface area contributed by atoms with Crippen molar-refractivity contribution in [3.05, 3.63) is 65.0 Å². The third-order valence-corrected chi connectivity index (χ3v) is 6.26. The third-order valence-electron chi connectivity index (χ3n) is 6.03. The van der Waals surface area contributed by atoms with Crippen molar-refractivity contribution in [3.8, 4) is 11.4 Å². The number of benzene rings is 2. The van der Waals surface area contributed by atoms with Gasteiger partial charge >= 0.3 is 0 Å². The molecule has 6 nitrogen and oxygen atoms in total. The SMILES string of the molecule is O=C(c1cccc(Cl)c1)N1CCN(c2ccc(-c3noc(C4CCC4)n3)cc2)CC1. The molecule has 2 aromatic carbocycles. The molecular weight excluding hydrogens is 400 g/mol. The Balaban J connectivity index is 1.21. The van der Waals surface area contributed by atoms with Gasteiger partial charge in [-0.25, -0.2) is 0 Å². The van der Waals surface area contributed by atoms with Crippen LogP contribution >= 0.6 is 11.6 Å². The number of carbonyl (C=O) groups is 1. The van der Waals surface area contributed by atoms with E-state index in [1.54, 1.807) is 12.1 Å². The predicted molar refractivity (Wildman–Crippen MR) is 116 cm³/mol. The summed E-state index contributed by atoms with van der Waals surface area (Å²) in [4.78, 5) is 21.4. The van der Waals surface area contributed by atoms with Crippen LogP contribution in [0.1, 0.15) is 41.4 Å². The molecule has 1 saturated carbocycles. The maximum Gasteiger partial charge on any atom is 0.254 e. The Hall–Kier alpha value is -2.86. The molecule has 30 heavy (non-hydrogen) atoms. The number of piperazine rings is 1. The molecule has 3 aromatic rings. The van der Waals surface area contributed by atoms with E-state index >= 15 is 0 Å². The molecule has 2 fully saturated rings. The average molecular weight is 423 g/mol. The summed E-state index contributed by atoms with van der Waals surface area (Å²) >= 11 is 6.02. The molecule has 7 heteroatoms. The molecule has 0 atom stereocenters. The topological polar surface area (TPSA) is 62.5 Å². The summed E-state index contributed by atoms with van der Waals surface area (Å²) in [6.07, 6.45) is 3.54. The minimum atomic E-state index is 0.0341. The lowest BCUT2D eigenvalue weighted by Gasteiger charge is -2.36. The van der Waals surface area contributed by atoms with Crippen molar-refractivity contribution in [2.75, 3.05) is 31.1 Å². The van der Waals surface area contributed by atoms with Crippen molar-refractivity contribution in [3.63, 3.8) is 0 Å². The number of hydrogen-bond acceptors (Lipinski definition) is 5. The Morgan fingerprint density at radius 3 is 2.47 bits per heavy atom. The highest BCUT2D eigenvalue weighted by Gasteiger charge is 2.26. The number of carbonyl (C=O) groups excluding carboxylic acids is 1. The molecule has 154 valence electrons. The van der Waals surface area contributed by atoms with Gasteiger partial charge in [0, 0.05) is 53.9 Å². The lowest BCUT2D eigenvalue weighted by atomic mass is 9.85. The quantitative estimate of drug-likeness (QED) is 0.613. The predicted octanol–water partition coefficient (Wildman–Crippen LogP) is 4.62. The zero-order valence-electron chi connectivity index (χ0n) is 16.6. The van der Waals surface area contributed by atoms with Gasteiger partial charge in [-0.05, 0) is 55.3 Å². The van der Waals surface area contributed by atoms with Crippen molar-refractivity contribution in [2.24, 2.45) is 0 Å². The molecule has 0 N–H and O–H groups in total. The van der Waals surface area contributed by atoms with Crippen molar-refractivity contribution in [1.82, 2.24) is 15.0 Å². The van der Waals surface area contributed by atoms with Crippen LogP contribution in [0.3, 0.4) is 0 Å². The normalized spacial score (nSPS) is 17.1. The van der Waals surface area contributed by atoms with E-state index < -0.39 is 0 Å². The summed E-state index contributed by atoms with van der Waals surface area (Å²) in [6.45, 7) is 2.95. The highest BCUT2D eigenvalue weighted by atomic mass is 35.5. The standard InChI is InChI=1S/C23H23ClN4O2/c24-19-6-2-5-18(15-19)23(29)28-13-11-27(12-14-28)20-9-7-16(8-10-20)21-25-22(30-26-21)17-3-1-4-17/h2,5-10,15,17H,1,3-4,11-14H2. The summed E-state index contributed by atoms with van der Waals surface area (Å²) < 4.78 is 5.43. The number of nitrogens with zero attached hydrogens (tertiary/aromatic N) is 4. The molecule has 1 saturated heterocycles. The van der Waals surface area contributed by atoms with Gasteiger partial charge in [-0.15, -0.1) is 0 Å². The van der Waals surface area contributed by atoms with Gasteiger partial charge in [-0.3, -0.25) is 4.79 Å². The molecule has 0 unspecified atom stereocenters. The van der Waals surface area contributed by atoms with Crippen LogP contribution in [-0.4, -0.2) is 47.1 Å². The number of halogens is 1. The highest BCUT2D eigenvalue weighted by Crippen LogP contribution is 2.36. The largest absolute Gasteiger partial charge is 0.368 e. The molecule has 2 aliphatic rings. The Bertz CT molecular complexity index is 1040. The molecule has 0 bridgehead atoms. The average Bonchev–Trinajstić information content (AvgIpc) is 3.22. The second-order valence-electron chi connectivity index (χ2n) is 7.92. The minimum absolute atomic E-state index is 0.0341. The monoisotopic (exact) mass is 422 g/mol. The van der Waals surface area contributed by atoms with Gasteiger partial charge in [0.15, 0.2) is 0 Å². The van der Waals surface area contributed by atoms with Crippen LogP contribution in [0, 0.1) is 0 Å². The van der Waals surface area contributed by atoms with E-state index in [4.69, 9.17) is 16.1 Å². The van der Waals surface area contributed by atoms with Gasteiger partial charge in [0.2, 0.25) is 11.7 Å². The molecule has 5 rings (SSSR count). The Labute approximate surface area is 180 Å². The van der Waals surface area contributed by atoms with Crippen molar-refractivity contribution < 1.29 is 9.32 Å². The summed E-state index contributed by atoms with van der Waals surface area (Å²) in [7, 11) is 0. The fourth-order valence-electron chi connectivity index (χ4n) is 3.97. The van der Waals surface area contributed by atoms with E-state index in [9.17, 15) is 4.79 Å². The van der Waals surface area contributed by atoms with Crippen LogP contribution in [0.15, 0.2) is 53.1 Å². The van der Waals surface area contributed by atoms with Gasteiger partial charge in [-0.2, -0.15) is 4.98 Å². The zero-order chi connectivity index (χ0) is 20.5. The molecule has 1 aromatic heterocycles. The first-order chi connectivity index (χ1) is 14.7. The van der Waals surface area contributed by atoms with E-state index in [0.29, 0.717) is 35.4 Å². The molecule has 1 amide bonds. The van der Waals surface area contributed by atoms with Gasteiger partial charge < -0.3 is 14.3 Å². The van der Waals surface area contributed by atoms with E-state index in [-0.39, 0.29) is 5.91 Å². The van der Waals surface area contributed by atoms with Gasteiger partial charge in [0.1, 0.15) is 0 Å². The van der Waals surface area contributed by atoms with E-state index in [0.717, 1.165) is 43.1 Å². The minimum Gasteiger partial charge on any atom is -0.368 e. The van der Waals surface area contributed by atoms with E-state index in [1.165, 1.54) is 6.42 Å². The number of hydrogen-bond donors (Lipinski definition) is 0. The lowest BCUT2D eigenvalue weighted by molar-refractivity contribution is 0.0747. The number of rotatable bonds is 4. The van der Waals surface area contributed by atoms with Crippen molar-refractivity contribution in [1.29, 1.82) is 0 Å². The first-order valence-corrected chi connectivity index (χ1v) is 10.8. The Morgan fingerprint density at radius 1 is 1.03 bits per heavy atom. The van der Waals surface area contributed by atoms with E-state index in [1.807, 2.05) is 29.2 Å². The van der Waals surface area contributed by atoms with Gasteiger partial charge in [0.05, 0.1) is 0 Å².